The summed E-state index contributed by atoms with van der Waals surface area (Å²) in [7, 11) is 6.35. The fraction of sp³-hybridized carbons (Fsp3) is 0.111. The van der Waals surface area contributed by atoms with Crippen LogP contribution in [-0.2, 0) is 0 Å². The van der Waals surface area contributed by atoms with Gasteiger partial charge in [0.15, 0.2) is 23.0 Å². The summed E-state index contributed by atoms with van der Waals surface area (Å²) in [6.07, 6.45) is 0. The van der Waals surface area contributed by atoms with E-state index in [0.717, 1.165) is 87.1 Å². The molecule has 0 aliphatic heterocycles. The second kappa shape index (κ2) is 13.4. The number of imidazole rings is 2. The number of H-pyrrole nitrogens is 2. The maximum absolute atomic E-state index is 15.2. The number of ether oxygens (including phenoxy) is 6. The maximum Gasteiger partial charge on any atom is 0.264 e. The van der Waals surface area contributed by atoms with Crippen LogP contribution in [0.15, 0.2) is 119 Å². The lowest BCUT2D eigenvalue weighted by molar-refractivity contribution is 0.347. The van der Waals surface area contributed by atoms with E-state index in [1.165, 1.54) is 0 Å². The molecule has 0 radical (unpaired) electrons. The summed E-state index contributed by atoms with van der Waals surface area (Å²) in [4.78, 5) is 37.5. The Bertz CT molecular complexity index is 4040. The molecule has 4 aromatic heterocycles. The molecule has 0 fully saturated rings. The molecule has 0 aliphatic rings. The predicted octanol–water partition coefficient (Wildman–Crippen LogP) is 11.9. The summed E-state index contributed by atoms with van der Waals surface area (Å²) in [6.45, 7) is 3.91. The Morgan fingerprint density at radius 2 is 0.758 bits per heavy atom. The molecule has 0 amide bonds. The zero-order valence-electron chi connectivity index (χ0n) is 36.6. The van der Waals surface area contributed by atoms with Gasteiger partial charge in [-0.25, -0.2) is 0 Å². The molecule has 13 aromatic rings. The number of hydrogen-bond acceptors (Lipinski definition) is 8. The number of aromatic amines is 2. The molecule has 4 heterocycles. The van der Waals surface area contributed by atoms with Crippen LogP contribution < -0.4 is 39.5 Å². The first-order chi connectivity index (χ1) is 32.2. The van der Waals surface area contributed by atoms with E-state index in [4.69, 9.17) is 28.4 Å². The number of fused-ring (bicyclic) bond motifs is 10. The Morgan fingerprint density at radius 1 is 0.394 bits per heavy atom. The number of aryl methyl sites for hydroxylation is 2. The Labute approximate surface area is 373 Å². The molecule has 322 valence electrons. The molecule has 0 saturated carbocycles. The summed E-state index contributed by atoms with van der Waals surface area (Å²) < 4.78 is 41.4. The van der Waals surface area contributed by atoms with E-state index in [1.807, 2.05) is 98.8 Å². The molecule has 2 N–H and O–H groups in total. The van der Waals surface area contributed by atoms with Crippen molar-refractivity contribution in [1.29, 1.82) is 0 Å². The first kappa shape index (κ1) is 37.9. The molecular weight excluding hydrogens is 833 g/mol. The third kappa shape index (κ3) is 4.87. The van der Waals surface area contributed by atoms with Crippen molar-refractivity contribution >= 4 is 98.0 Å². The van der Waals surface area contributed by atoms with Crippen molar-refractivity contribution in [3.63, 3.8) is 0 Å². The number of nitrogens with zero attached hydrogens (tertiary/aromatic N) is 2. The van der Waals surface area contributed by atoms with Gasteiger partial charge in [-0.3, -0.25) is 18.4 Å². The third-order valence-corrected chi connectivity index (χ3v) is 13.3. The van der Waals surface area contributed by atoms with E-state index in [2.05, 4.69) is 34.2 Å². The minimum atomic E-state index is -0.220. The monoisotopic (exact) mass is 870 g/mol. The first-order valence-electron chi connectivity index (χ1n) is 21.5. The standard InChI is InChI=1S/C54H38N4O8/c1-25-19-39(61-3)49(40(20-25)62-4)65-37-23-31-43-29(51-55-33-11-7-9-13-35(33)57(51)53(31)59)18-16-28-46-38(66-50-41(63-5)21-26(2)22-42(50)64-6)24-32-44-30(17-15-27(48(44)46)45(37)47(28)43)52-56-34-12-8-10-14-36(34)58(52)54(32)60/h7-24,55-56H,1-6H3. The van der Waals surface area contributed by atoms with E-state index >= 15 is 9.59 Å². The second-order valence-corrected chi connectivity index (χ2v) is 16.9. The van der Waals surface area contributed by atoms with E-state index in [1.54, 1.807) is 37.2 Å². The SMILES string of the molecule is COc1cc(C)cc(OC)c1Oc1cc2c(=O)n3c4ccccc4[nH]c3c3ccc4c5c(Oc6c(OC)cc(C)cc6OC)cc6c(=O)n7c8ccccc8[nH]c7c7ccc(c1c4c23)c5c67. The van der Waals surface area contributed by atoms with Crippen LogP contribution in [0.1, 0.15) is 11.1 Å². The molecule has 0 atom stereocenters. The summed E-state index contributed by atoms with van der Waals surface area (Å²) >= 11 is 0. The second-order valence-electron chi connectivity index (χ2n) is 16.9. The fourth-order valence-corrected chi connectivity index (χ4v) is 10.6. The topological polar surface area (TPSA) is 130 Å². The highest BCUT2D eigenvalue weighted by Crippen LogP contribution is 2.54. The molecular formula is C54H38N4O8. The molecule has 0 spiro atoms. The van der Waals surface area contributed by atoms with Crippen molar-refractivity contribution in [3.05, 3.63) is 141 Å². The van der Waals surface area contributed by atoms with Crippen LogP contribution in [0.4, 0.5) is 0 Å². The van der Waals surface area contributed by atoms with Gasteiger partial charge in [-0.2, -0.15) is 0 Å². The number of benzene rings is 9. The van der Waals surface area contributed by atoms with Crippen molar-refractivity contribution in [2.24, 2.45) is 0 Å². The number of para-hydroxylation sites is 4. The average Bonchev–Trinajstić information content (AvgIpc) is 3.93. The number of aromatic nitrogens is 4. The van der Waals surface area contributed by atoms with Gasteiger partial charge in [0, 0.05) is 43.1 Å². The molecule has 0 aliphatic carbocycles. The molecule has 66 heavy (non-hydrogen) atoms. The van der Waals surface area contributed by atoms with Crippen LogP contribution >= 0.6 is 0 Å². The molecule has 0 bridgehead atoms. The van der Waals surface area contributed by atoms with Crippen LogP contribution in [0.2, 0.25) is 0 Å². The van der Waals surface area contributed by atoms with Gasteiger partial charge in [-0.1, -0.05) is 48.5 Å². The van der Waals surface area contributed by atoms with Crippen molar-refractivity contribution in [1.82, 2.24) is 18.8 Å². The van der Waals surface area contributed by atoms with Gasteiger partial charge in [0.05, 0.1) is 61.3 Å². The van der Waals surface area contributed by atoms with Crippen LogP contribution in [0, 0.1) is 13.8 Å². The highest BCUT2D eigenvalue weighted by atomic mass is 16.5. The van der Waals surface area contributed by atoms with Gasteiger partial charge >= 0.3 is 0 Å². The lowest BCUT2D eigenvalue weighted by Crippen LogP contribution is -2.14. The molecule has 12 nitrogen and oxygen atoms in total. The number of hydrogen-bond donors (Lipinski definition) is 2. The molecule has 12 heteroatoms. The molecule has 0 unspecified atom stereocenters. The molecule has 9 aromatic carbocycles. The number of pyridine rings is 2. The van der Waals surface area contributed by atoms with Gasteiger partial charge in [0.25, 0.3) is 11.1 Å². The molecule has 0 saturated heterocycles. The number of rotatable bonds is 8. The zero-order chi connectivity index (χ0) is 44.9. The maximum atomic E-state index is 15.2. The Hall–Kier alpha value is -8.64. The average molecular weight is 871 g/mol. The summed E-state index contributed by atoms with van der Waals surface area (Å²) in [6, 6.07) is 35.0. The third-order valence-electron chi connectivity index (χ3n) is 13.3. The largest absolute Gasteiger partial charge is 0.493 e. The summed E-state index contributed by atoms with van der Waals surface area (Å²) in [5.74, 6) is 3.32. The lowest BCUT2D eigenvalue weighted by atomic mass is 9.85. The first-order valence-corrected chi connectivity index (χ1v) is 21.5. The van der Waals surface area contributed by atoms with Crippen LogP contribution in [0.3, 0.4) is 0 Å². The van der Waals surface area contributed by atoms with E-state index < -0.39 is 0 Å². The van der Waals surface area contributed by atoms with Gasteiger partial charge in [0.1, 0.15) is 22.8 Å². The molecule has 13 rings (SSSR count). The highest BCUT2D eigenvalue weighted by Gasteiger charge is 2.30. The van der Waals surface area contributed by atoms with Gasteiger partial charge < -0.3 is 38.4 Å². The van der Waals surface area contributed by atoms with E-state index in [-0.39, 0.29) is 11.1 Å². The van der Waals surface area contributed by atoms with Crippen molar-refractivity contribution in [3.8, 4) is 46.0 Å². The smallest absolute Gasteiger partial charge is 0.264 e. The lowest BCUT2D eigenvalue weighted by Gasteiger charge is -2.23. The Kier molecular flexibility index (Phi) is 7.71. The van der Waals surface area contributed by atoms with Crippen molar-refractivity contribution in [2.75, 3.05) is 28.4 Å². The minimum Gasteiger partial charge on any atom is -0.493 e. The van der Waals surface area contributed by atoms with Gasteiger partial charge in [-0.05, 0) is 96.4 Å². The van der Waals surface area contributed by atoms with E-state index in [9.17, 15) is 0 Å². The summed E-state index contributed by atoms with van der Waals surface area (Å²) in [5, 5.41) is 8.60. The Balaban J connectivity index is 1.28. The van der Waals surface area contributed by atoms with Crippen LogP contribution in [0.5, 0.6) is 46.0 Å². The van der Waals surface area contributed by atoms with Crippen LogP contribution in [-0.4, -0.2) is 47.2 Å². The van der Waals surface area contributed by atoms with Gasteiger partial charge in [0.2, 0.25) is 11.5 Å². The van der Waals surface area contributed by atoms with E-state index in [0.29, 0.717) is 68.1 Å². The highest BCUT2D eigenvalue weighted by molar-refractivity contribution is 6.42. The predicted molar refractivity (Wildman–Crippen MR) is 261 cm³/mol. The van der Waals surface area contributed by atoms with Crippen molar-refractivity contribution in [2.45, 2.75) is 13.8 Å². The number of methoxy groups -OCH3 is 4. The van der Waals surface area contributed by atoms with Crippen LogP contribution in [0.25, 0.3) is 98.0 Å². The van der Waals surface area contributed by atoms with Crippen molar-refractivity contribution < 1.29 is 28.4 Å². The summed E-state index contributed by atoms with van der Waals surface area (Å²) in [5.41, 5.74) is 5.87. The Morgan fingerprint density at radius 3 is 1.14 bits per heavy atom. The fourth-order valence-electron chi connectivity index (χ4n) is 10.6. The normalized spacial score (nSPS) is 12.2. The number of nitrogens with one attached hydrogen (secondary N) is 2. The quantitative estimate of drug-likeness (QED) is 0.114. The zero-order valence-corrected chi connectivity index (χ0v) is 36.6. The van der Waals surface area contributed by atoms with Gasteiger partial charge in [-0.15, -0.1) is 0 Å². The minimum absolute atomic E-state index is 0.220.